The van der Waals surface area contributed by atoms with E-state index in [1.165, 1.54) is 24.3 Å². The third kappa shape index (κ3) is 4.61. The summed E-state index contributed by atoms with van der Waals surface area (Å²) in [5.74, 6) is 1.13. The van der Waals surface area contributed by atoms with Gasteiger partial charge in [0.25, 0.3) is 0 Å². The highest BCUT2D eigenvalue weighted by Crippen LogP contribution is 2.40. The lowest BCUT2D eigenvalue weighted by atomic mass is 10.3. The molecule has 0 N–H and O–H groups in total. The second kappa shape index (κ2) is 8.73. The van der Waals surface area contributed by atoms with E-state index < -0.39 is 9.84 Å². The maximum absolute atomic E-state index is 13.0. The molecule has 0 aromatic heterocycles. The molecular formula is C16H14Br4O4S. The van der Waals surface area contributed by atoms with E-state index in [2.05, 4.69) is 63.7 Å². The van der Waals surface area contributed by atoms with E-state index in [1.807, 2.05) is 13.8 Å². The van der Waals surface area contributed by atoms with Crippen molar-refractivity contribution in [3.05, 3.63) is 42.2 Å². The van der Waals surface area contributed by atoms with Crippen LogP contribution >= 0.6 is 63.7 Å². The Labute approximate surface area is 180 Å². The number of halogens is 4. The number of hydrogen-bond donors (Lipinski definition) is 0. The average molecular weight is 622 g/mol. The maximum Gasteiger partial charge on any atom is 0.206 e. The first kappa shape index (κ1) is 21.2. The zero-order valence-corrected chi connectivity index (χ0v) is 20.4. The highest BCUT2D eigenvalue weighted by molar-refractivity contribution is 9.11. The number of sulfone groups is 1. The molecule has 4 nitrogen and oxygen atoms in total. The molecule has 0 atom stereocenters. The van der Waals surface area contributed by atoms with Crippen molar-refractivity contribution in [1.29, 1.82) is 0 Å². The summed E-state index contributed by atoms with van der Waals surface area (Å²) in [7, 11) is -3.72. The van der Waals surface area contributed by atoms with Crippen molar-refractivity contribution in [1.82, 2.24) is 0 Å². The molecule has 0 saturated heterocycles. The third-order valence-corrected chi connectivity index (χ3v) is 7.21. The first-order valence-electron chi connectivity index (χ1n) is 7.21. The number of rotatable bonds is 6. The van der Waals surface area contributed by atoms with E-state index in [9.17, 15) is 8.42 Å². The number of ether oxygens (including phenoxy) is 2. The van der Waals surface area contributed by atoms with Gasteiger partial charge in [0.2, 0.25) is 9.84 Å². The lowest BCUT2D eigenvalue weighted by molar-refractivity contribution is 0.335. The van der Waals surface area contributed by atoms with Crippen molar-refractivity contribution in [3.8, 4) is 11.5 Å². The zero-order chi connectivity index (χ0) is 18.8. The molecule has 0 saturated carbocycles. The van der Waals surface area contributed by atoms with Crippen LogP contribution in [0.15, 0.2) is 51.9 Å². The van der Waals surface area contributed by atoms with Gasteiger partial charge in [-0.15, -0.1) is 0 Å². The lowest BCUT2D eigenvalue weighted by Gasteiger charge is -2.13. The van der Waals surface area contributed by atoms with Gasteiger partial charge in [-0.05, 0) is 102 Å². The Morgan fingerprint density at radius 1 is 0.720 bits per heavy atom. The second-order valence-corrected chi connectivity index (χ2v) is 10.2. The van der Waals surface area contributed by atoms with Gasteiger partial charge in [-0.1, -0.05) is 0 Å². The van der Waals surface area contributed by atoms with Crippen LogP contribution in [-0.2, 0) is 9.84 Å². The highest BCUT2D eigenvalue weighted by atomic mass is 79.9. The van der Waals surface area contributed by atoms with Gasteiger partial charge in [0.05, 0.1) is 40.9 Å². The highest BCUT2D eigenvalue weighted by Gasteiger charge is 2.23. The molecule has 2 aromatic rings. The van der Waals surface area contributed by atoms with Gasteiger partial charge < -0.3 is 9.47 Å². The standard InChI is InChI=1S/C16H14Br4O4S/c1-3-23-15-11(17)5-9(6-12(15)18)25(21,22)10-7-13(19)16(24-4-2)14(20)8-10/h5-8H,3-4H2,1-2H3. The van der Waals surface area contributed by atoms with Gasteiger partial charge >= 0.3 is 0 Å². The monoisotopic (exact) mass is 618 g/mol. The molecule has 0 aliphatic rings. The minimum absolute atomic E-state index is 0.151. The largest absolute Gasteiger partial charge is 0.492 e. The molecule has 0 radical (unpaired) electrons. The molecule has 0 bridgehead atoms. The topological polar surface area (TPSA) is 52.6 Å². The lowest BCUT2D eigenvalue weighted by Crippen LogP contribution is -2.05. The van der Waals surface area contributed by atoms with Crippen LogP contribution in [0.5, 0.6) is 11.5 Å². The molecule has 2 rings (SSSR count). The first-order chi connectivity index (χ1) is 11.7. The van der Waals surface area contributed by atoms with Crippen LogP contribution in [-0.4, -0.2) is 21.6 Å². The smallest absolute Gasteiger partial charge is 0.206 e. The van der Waals surface area contributed by atoms with E-state index in [0.29, 0.717) is 42.6 Å². The van der Waals surface area contributed by atoms with E-state index in [-0.39, 0.29) is 9.79 Å². The normalized spacial score (nSPS) is 11.4. The Morgan fingerprint density at radius 2 is 1.00 bits per heavy atom. The van der Waals surface area contributed by atoms with Crippen LogP contribution in [0.3, 0.4) is 0 Å². The van der Waals surface area contributed by atoms with E-state index in [4.69, 9.17) is 9.47 Å². The van der Waals surface area contributed by atoms with Crippen molar-refractivity contribution in [3.63, 3.8) is 0 Å². The van der Waals surface area contributed by atoms with Crippen LogP contribution in [0.1, 0.15) is 13.8 Å². The molecule has 0 spiro atoms. The van der Waals surface area contributed by atoms with Crippen LogP contribution in [0.2, 0.25) is 0 Å². The number of benzene rings is 2. The fourth-order valence-corrected chi connectivity index (χ4v) is 6.89. The summed E-state index contributed by atoms with van der Waals surface area (Å²) in [4.78, 5) is 0.301. The minimum atomic E-state index is -3.72. The van der Waals surface area contributed by atoms with Crippen LogP contribution in [0.4, 0.5) is 0 Å². The Hall–Kier alpha value is -0.0900. The van der Waals surface area contributed by atoms with Gasteiger partial charge in [0.15, 0.2) is 0 Å². The summed E-state index contributed by atoms with van der Waals surface area (Å²) >= 11 is 13.5. The predicted octanol–water partition coefficient (Wildman–Crippen LogP) is 6.37. The molecule has 9 heteroatoms. The summed E-state index contributed by atoms with van der Waals surface area (Å²) in [5, 5.41) is 0. The summed E-state index contributed by atoms with van der Waals surface area (Å²) in [6.07, 6.45) is 0. The van der Waals surface area contributed by atoms with Crippen LogP contribution in [0.25, 0.3) is 0 Å². The Balaban J connectivity index is 2.56. The fourth-order valence-electron chi connectivity index (χ4n) is 2.08. The van der Waals surface area contributed by atoms with Crippen molar-refractivity contribution in [2.45, 2.75) is 23.6 Å². The van der Waals surface area contributed by atoms with Crippen molar-refractivity contribution >= 4 is 73.6 Å². The maximum atomic E-state index is 13.0. The molecule has 0 unspecified atom stereocenters. The number of hydrogen-bond acceptors (Lipinski definition) is 4. The minimum Gasteiger partial charge on any atom is -0.492 e. The second-order valence-electron chi connectivity index (χ2n) is 4.80. The molecule has 25 heavy (non-hydrogen) atoms. The molecule has 0 fully saturated rings. The molecule has 0 heterocycles. The van der Waals surface area contributed by atoms with Crippen molar-refractivity contribution < 1.29 is 17.9 Å². The quantitative estimate of drug-likeness (QED) is 0.377. The van der Waals surface area contributed by atoms with Gasteiger partial charge in [-0.2, -0.15) is 0 Å². The SMILES string of the molecule is CCOc1c(Br)cc(S(=O)(=O)c2cc(Br)c(OCC)c(Br)c2)cc1Br. The molecule has 0 aliphatic heterocycles. The summed E-state index contributed by atoms with van der Waals surface area (Å²) < 4.78 is 39.3. The zero-order valence-electron chi connectivity index (χ0n) is 13.3. The van der Waals surface area contributed by atoms with Gasteiger partial charge in [0, 0.05) is 0 Å². The molecule has 136 valence electrons. The van der Waals surface area contributed by atoms with Crippen LogP contribution < -0.4 is 9.47 Å². The third-order valence-electron chi connectivity index (χ3n) is 3.14. The van der Waals surface area contributed by atoms with E-state index >= 15 is 0 Å². The Bertz CT molecular complexity index is 783. The summed E-state index contributed by atoms with van der Waals surface area (Å²) in [6.45, 7) is 4.67. The predicted molar refractivity (Wildman–Crippen MR) is 111 cm³/mol. The summed E-state index contributed by atoms with van der Waals surface area (Å²) in [6, 6.07) is 6.12. The molecule has 0 amide bonds. The van der Waals surface area contributed by atoms with Gasteiger partial charge in [-0.3, -0.25) is 0 Å². The molecular weight excluding hydrogens is 608 g/mol. The Kier molecular flexibility index (Phi) is 7.41. The average Bonchev–Trinajstić information content (AvgIpc) is 2.53. The Morgan fingerprint density at radius 3 is 1.24 bits per heavy atom. The fraction of sp³-hybridized carbons (Fsp3) is 0.250. The molecule has 2 aromatic carbocycles. The van der Waals surface area contributed by atoms with E-state index in [1.54, 1.807) is 0 Å². The summed E-state index contributed by atoms with van der Waals surface area (Å²) in [5.41, 5.74) is 0. The van der Waals surface area contributed by atoms with E-state index in [0.717, 1.165) is 0 Å². The molecule has 0 aliphatic carbocycles. The first-order valence-corrected chi connectivity index (χ1v) is 11.9. The van der Waals surface area contributed by atoms with Gasteiger partial charge in [0.1, 0.15) is 11.5 Å². The van der Waals surface area contributed by atoms with Crippen LogP contribution in [0, 0.1) is 0 Å². The van der Waals surface area contributed by atoms with Gasteiger partial charge in [-0.25, -0.2) is 8.42 Å². The van der Waals surface area contributed by atoms with Crippen molar-refractivity contribution in [2.75, 3.05) is 13.2 Å². The van der Waals surface area contributed by atoms with Crippen molar-refractivity contribution in [2.24, 2.45) is 0 Å².